The number of allylic oxidation sites excluding steroid dienone is 2. The Kier molecular flexibility index (Phi) is 3.30. The van der Waals surface area contributed by atoms with Gasteiger partial charge in [-0.25, -0.2) is 4.99 Å². The maximum atomic E-state index is 6.38. The van der Waals surface area contributed by atoms with Crippen molar-refractivity contribution in [2.45, 2.75) is 6.04 Å². The van der Waals surface area contributed by atoms with Crippen molar-refractivity contribution >= 4 is 71.9 Å². The van der Waals surface area contributed by atoms with Crippen molar-refractivity contribution in [1.82, 2.24) is 4.40 Å². The summed E-state index contributed by atoms with van der Waals surface area (Å²) in [4.78, 5) is 5.26. The van der Waals surface area contributed by atoms with Crippen LogP contribution in [-0.2, 0) is 0 Å². The Labute approximate surface area is 205 Å². The molecule has 3 aromatic heterocycles. The Balaban J connectivity index is 1.41. The number of nitrogens with one attached hydrogen (secondary N) is 1. The highest BCUT2D eigenvalue weighted by atomic mass is 16.3. The highest BCUT2D eigenvalue weighted by molar-refractivity contribution is 6.33. The van der Waals surface area contributed by atoms with Gasteiger partial charge in [-0.15, -0.1) is 0 Å². The van der Waals surface area contributed by atoms with Crippen LogP contribution in [0.5, 0.6) is 0 Å². The first kappa shape index (κ1) is 18.5. The minimum atomic E-state index is 0.0329. The van der Waals surface area contributed by atoms with Crippen molar-refractivity contribution in [3.8, 4) is 0 Å². The Morgan fingerprint density at radius 3 is 2.50 bits per heavy atom. The number of furan rings is 1. The molecule has 1 unspecified atom stereocenters. The Bertz CT molecular complexity index is 2120. The van der Waals surface area contributed by atoms with Crippen molar-refractivity contribution < 1.29 is 4.42 Å². The molecule has 0 spiro atoms. The molecular formula is C32H19N3O. The molecule has 36 heavy (non-hydrogen) atoms. The minimum absolute atomic E-state index is 0.0329. The zero-order valence-corrected chi connectivity index (χ0v) is 19.2. The molecule has 0 fully saturated rings. The van der Waals surface area contributed by atoms with Gasteiger partial charge in [-0.3, -0.25) is 4.40 Å². The number of nitrogens with zero attached hydrogens (tertiary/aromatic N) is 2. The van der Waals surface area contributed by atoms with Gasteiger partial charge >= 0.3 is 0 Å². The van der Waals surface area contributed by atoms with Gasteiger partial charge in [-0.05, 0) is 35.4 Å². The van der Waals surface area contributed by atoms with Crippen LogP contribution in [0.2, 0.25) is 0 Å². The van der Waals surface area contributed by atoms with E-state index in [1.165, 1.54) is 38.3 Å². The SMILES string of the molecule is C1=CC2Nc3c(c4cc5oc6ccccc6c5c5c6ccccc6n3c45)N=C2C=C1c1ccccc1. The second kappa shape index (κ2) is 6.43. The van der Waals surface area contributed by atoms with Crippen LogP contribution in [-0.4, -0.2) is 16.2 Å². The number of para-hydroxylation sites is 2. The normalized spacial score (nSPS) is 17.1. The van der Waals surface area contributed by atoms with E-state index in [1.54, 1.807) is 0 Å². The Morgan fingerprint density at radius 1 is 0.778 bits per heavy atom. The van der Waals surface area contributed by atoms with Crippen LogP contribution in [0.4, 0.5) is 11.5 Å². The number of fused-ring (bicyclic) bond motifs is 11. The number of hydrogen-bond donors (Lipinski definition) is 1. The van der Waals surface area contributed by atoms with Gasteiger partial charge < -0.3 is 9.73 Å². The van der Waals surface area contributed by atoms with E-state index in [9.17, 15) is 0 Å². The lowest BCUT2D eigenvalue weighted by Gasteiger charge is -2.25. The third-order valence-corrected chi connectivity index (χ3v) is 7.71. The fourth-order valence-corrected chi connectivity index (χ4v) is 6.17. The molecule has 9 rings (SSSR count). The molecule has 4 nitrogen and oxygen atoms in total. The van der Waals surface area contributed by atoms with E-state index < -0.39 is 0 Å². The molecule has 4 heterocycles. The van der Waals surface area contributed by atoms with Gasteiger partial charge in [0, 0.05) is 26.9 Å². The standard InChI is InChI=1S/C32H19N3O/c1-2-8-18(9-3-1)19-14-15-23-24(16-19)33-30-22-17-27-28(21-11-5-7-13-26(21)36-27)29-20-10-4-6-12-25(20)35(31(22)29)32(30)34-23/h1-17,23,34H. The van der Waals surface area contributed by atoms with Gasteiger partial charge in [0.05, 0.1) is 22.8 Å². The van der Waals surface area contributed by atoms with E-state index in [2.05, 4.69) is 94.7 Å². The Morgan fingerprint density at radius 2 is 1.58 bits per heavy atom. The van der Waals surface area contributed by atoms with Crippen molar-refractivity contribution in [3.63, 3.8) is 0 Å². The zero-order chi connectivity index (χ0) is 23.4. The van der Waals surface area contributed by atoms with E-state index in [1.807, 2.05) is 18.2 Å². The third-order valence-electron chi connectivity index (χ3n) is 7.71. The van der Waals surface area contributed by atoms with Gasteiger partial charge in [0.15, 0.2) is 0 Å². The number of rotatable bonds is 1. The number of anilines is 1. The lowest BCUT2D eigenvalue weighted by atomic mass is 9.94. The molecular weight excluding hydrogens is 442 g/mol. The minimum Gasteiger partial charge on any atom is -0.456 e. The van der Waals surface area contributed by atoms with Crippen LogP contribution >= 0.6 is 0 Å². The van der Waals surface area contributed by atoms with Crippen molar-refractivity contribution in [2.24, 2.45) is 4.99 Å². The summed E-state index contributed by atoms with van der Waals surface area (Å²) in [7, 11) is 0. The van der Waals surface area contributed by atoms with E-state index >= 15 is 0 Å². The third kappa shape index (κ3) is 2.22. The zero-order valence-electron chi connectivity index (χ0n) is 19.2. The van der Waals surface area contributed by atoms with Gasteiger partial charge in [0.25, 0.3) is 0 Å². The maximum Gasteiger partial charge on any atom is 0.138 e. The number of hydrogen-bond acceptors (Lipinski definition) is 3. The molecule has 1 atom stereocenters. The summed E-state index contributed by atoms with van der Waals surface area (Å²) in [6.07, 6.45) is 6.62. The molecule has 0 bridgehead atoms. The lowest BCUT2D eigenvalue weighted by molar-refractivity contribution is 0.669. The van der Waals surface area contributed by atoms with Crippen LogP contribution in [0, 0.1) is 0 Å². The number of aromatic nitrogens is 1. The highest BCUT2D eigenvalue weighted by Crippen LogP contribution is 2.50. The summed E-state index contributed by atoms with van der Waals surface area (Å²) < 4.78 is 8.74. The van der Waals surface area contributed by atoms with E-state index in [-0.39, 0.29) is 6.04 Å². The summed E-state index contributed by atoms with van der Waals surface area (Å²) in [5, 5.41) is 9.72. The molecule has 4 heteroatoms. The summed E-state index contributed by atoms with van der Waals surface area (Å²) in [5.74, 6) is 1.04. The first-order valence-electron chi connectivity index (χ1n) is 12.3. The average Bonchev–Trinajstić information content (AvgIpc) is 3.57. The molecule has 1 N–H and O–H groups in total. The van der Waals surface area contributed by atoms with Crippen LogP contribution in [0.1, 0.15) is 5.56 Å². The van der Waals surface area contributed by atoms with Crippen LogP contribution in [0.15, 0.2) is 113 Å². The molecule has 1 aliphatic carbocycles. The molecule has 0 amide bonds. The molecule has 1 aliphatic heterocycles. The molecule has 7 aromatic rings. The van der Waals surface area contributed by atoms with Crippen LogP contribution in [0.25, 0.3) is 54.7 Å². The highest BCUT2D eigenvalue weighted by Gasteiger charge is 2.31. The average molecular weight is 462 g/mol. The lowest BCUT2D eigenvalue weighted by Crippen LogP contribution is -2.30. The van der Waals surface area contributed by atoms with Gasteiger partial charge in [-0.2, -0.15) is 0 Å². The largest absolute Gasteiger partial charge is 0.456 e. The molecule has 168 valence electrons. The molecule has 0 radical (unpaired) electrons. The van der Waals surface area contributed by atoms with E-state index in [4.69, 9.17) is 9.41 Å². The molecule has 0 saturated heterocycles. The number of aliphatic imine (C=N–C) groups is 1. The number of benzene rings is 4. The topological polar surface area (TPSA) is 41.9 Å². The van der Waals surface area contributed by atoms with Crippen molar-refractivity contribution in [3.05, 3.63) is 109 Å². The van der Waals surface area contributed by atoms with E-state index in [0.29, 0.717) is 0 Å². The summed E-state index contributed by atoms with van der Waals surface area (Å²) in [6.45, 7) is 0. The van der Waals surface area contributed by atoms with Gasteiger partial charge in [0.1, 0.15) is 22.7 Å². The second-order valence-electron chi connectivity index (χ2n) is 9.65. The molecule has 2 aliphatic rings. The van der Waals surface area contributed by atoms with E-state index in [0.717, 1.165) is 39.2 Å². The Hall–Kier alpha value is -4.83. The van der Waals surface area contributed by atoms with Crippen LogP contribution < -0.4 is 5.32 Å². The predicted molar refractivity (Wildman–Crippen MR) is 149 cm³/mol. The first-order valence-corrected chi connectivity index (χ1v) is 12.3. The summed E-state index contributed by atoms with van der Waals surface area (Å²) in [6, 6.07) is 29.7. The van der Waals surface area contributed by atoms with Crippen LogP contribution in [0.3, 0.4) is 0 Å². The van der Waals surface area contributed by atoms with Gasteiger partial charge in [-0.1, -0.05) is 78.9 Å². The quantitative estimate of drug-likeness (QED) is 0.268. The molecule has 0 saturated carbocycles. The monoisotopic (exact) mass is 461 g/mol. The molecule has 4 aromatic carbocycles. The maximum absolute atomic E-state index is 6.38. The first-order chi connectivity index (χ1) is 17.8. The fourth-order valence-electron chi connectivity index (χ4n) is 6.17. The smallest absolute Gasteiger partial charge is 0.138 e. The second-order valence-corrected chi connectivity index (χ2v) is 9.65. The fraction of sp³-hybridized carbons (Fsp3) is 0.0312. The predicted octanol–water partition coefficient (Wildman–Crippen LogP) is 8.10. The van der Waals surface area contributed by atoms with Crippen molar-refractivity contribution in [1.29, 1.82) is 0 Å². The summed E-state index contributed by atoms with van der Waals surface area (Å²) in [5.41, 5.74) is 8.59. The van der Waals surface area contributed by atoms with Gasteiger partial charge in [0.2, 0.25) is 0 Å². The van der Waals surface area contributed by atoms with Crippen molar-refractivity contribution in [2.75, 3.05) is 5.32 Å². The summed E-state index contributed by atoms with van der Waals surface area (Å²) >= 11 is 0.